The van der Waals surface area contributed by atoms with Gasteiger partial charge in [0.15, 0.2) is 0 Å². The summed E-state index contributed by atoms with van der Waals surface area (Å²) in [5.41, 5.74) is 6.80. The van der Waals surface area contributed by atoms with Crippen molar-refractivity contribution >= 4 is 18.3 Å². The molecule has 3 aliphatic rings. The van der Waals surface area contributed by atoms with Crippen molar-refractivity contribution in [3.63, 3.8) is 0 Å². The van der Waals surface area contributed by atoms with E-state index >= 15 is 0 Å². The number of carbonyl (C=O) groups excluding carboxylic acids is 1. The molecule has 0 spiro atoms. The van der Waals surface area contributed by atoms with Gasteiger partial charge in [0.25, 0.3) is 0 Å². The van der Waals surface area contributed by atoms with Crippen LogP contribution in [0.1, 0.15) is 71.6 Å². The summed E-state index contributed by atoms with van der Waals surface area (Å²) in [4.78, 5) is 12.6. The van der Waals surface area contributed by atoms with Crippen molar-refractivity contribution in [1.29, 1.82) is 0 Å². The zero-order valence-corrected chi connectivity index (χ0v) is 15.0. The summed E-state index contributed by atoms with van der Waals surface area (Å²) in [6.07, 6.45) is 10.6. The lowest BCUT2D eigenvalue weighted by molar-refractivity contribution is -0.129. The number of hydrogen-bond acceptors (Lipinski definition) is 2. The topological polar surface area (TPSA) is 55.1 Å². The molecule has 3 nitrogen and oxygen atoms in total. The lowest BCUT2D eigenvalue weighted by atomic mass is 9.65. The van der Waals surface area contributed by atoms with Crippen molar-refractivity contribution in [2.45, 2.75) is 83.7 Å². The summed E-state index contributed by atoms with van der Waals surface area (Å²) in [6.45, 7) is 4.68. The minimum Gasteiger partial charge on any atom is -0.353 e. The zero-order chi connectivity index (χ0) is 15.0. The highest BCUT2D eigenvalue weighted by atomic mass is 35.5. The second kappa shape index (κ2) is 7.09. The molecule has 22 heavy (non-hydrogen) atoms. The predicted molar refractivity (Wildman–Crippen MR) is 93.0 cm³/mol. The van der Waals surface area contributed by atoms with Crippen LogP contribution in [-0.2, 0) is 4.79 Å². The number of hydrogen-bond donors (Lipinski definition) is 2. The van der Waals surface area contributed by atoms with Crippen LogP contribution in [0.4, 0.5) is 0 Å². The molecular weight excluding hydrogens is 296 g/mol. The number of carbonyl (C=O) groups is 1. The molecule has 0 aromatic heterocycles. The van der Waals surface area contributed by atoms with Gasteiger partial charge < -0.3 is 11.1 Å². The third kappa shape index (κ3) is 3.97. The molecule has 3 aliphatic carbocycles. The first-order valence-electron chi connectivity index (χ1n) is 9.00. The molecule has 0 saturated heterocycles. The fourth-order valence-corrected chi connectivity index (χ4v) is 4.87. The van der Waals surface area contributed by atoms with Gasteiger partial charge in [-0.2, -0.15) is 0 Å². The van der Waals surface area contributed by atoms with E-state index in [1.807, 2.05) is 0 Å². The molecule has 128 valence electrons. The van der Waals surface area contributed by atoms with Gasteiger partial charge in [-0.3, -0.25) is 4.79 Å². The van der Waals surface area contributed by atoms with Gasteiger partial charge in [0, 0.05) is 18.0 Å². The molecular formula is C18H33ClN2O. The van der Waals surface area contributed by atoms with Crippen molar-refractivity contribution in [2.24, 2.45) is 28.9 Å². The summed E-state index contributed by atoms with van der Waals surface area (Å²) >= 11 is 0. The maximum absolute atomic E-state index is 12.6. The number of rotatable bonds is 2. The van der Waals surface area contributed by atoms with Gasteiger partial charge in [0.05, 0.1) is 0 Å². The fraction of sp³-hybridized carbons (Fsp3) is 0.944. The minimum absolute atomic E-state index is 0. The van der Waals surface area contributed by atoms with Gasteiger partial charge in [0.1, 0.15) is 0 Å². The standard InChI is InChI=1S/C18H32N2O.ClH/c1-18(2)8-6-15(7-9-18)20-17(21)14-10-12-4-3-5-13(11-14)16(12)19;/h12-16H,3-11,19H2,1-2H3,(H,20,21);1H. The highest BCUT2D eigenvalue weighted by Crippen LogP contribution is 2.42. The molecule has 0 aromatic carbocycles. The van der Waals surface area contributed by atoms with E-state index in [0.717, 1.165) is 25.7 Å². The Morgan fingerprint density at radius 1 is 1.05 bits per heavy atom. The summed E-state index contributed by atoms with van der Waals surface area (Å²) < 4.78 is 0. The minimum atomic E-state index is 0. The third-order valence-corrected chi connectivity index (χ3v) is 6.47. The van der Waals surface area contributed by atoms with Crippen LogP contribution in [0.5, 0.6) is 0 Å². The Kier molecular flexibility index (Phi) is 5.82. The molecule has 3 rings (SSSR count). The second-order valence-corrected chi connectivity index (χ2v) is 8.64. The van der Waals surface area contributed by atoms with Gasteiger partial charge >= 0.3 is 0 Å². The van der Waals surface area contributed by atoms with Crippen LogP contribution < -0.4 is 11.1 Å². The summed E-state index contributed by atoms with van der Waals surface area (Å²) in [6, 6.07) is 0.777. The molecule has 0 heterocycles. The molecule has 3 N–H and O–H groups in total. The van der Waals surface area contributed by atoms with Crippen molar-refractivity contribution in [1.82, 2.24) is 5.32 Å². The third-order valence-electron chi connectivity index (χ3n) is 6.47. The molecule has 3 saturated carbocycles. The maximum atomic E-state index is 12.6. The molecule has 2 atom stereocenters. The van der Waals surface area contributed by atoms with E-state index < -0.39 is 0 Å². The van der Waals surface area contributed by atoms with Crippen LogP contribution in [0.25, 0.3) is 0 Å². The van der Waals surface area contributed by atoms with Gasteiger partial charge in [-0.25, -0.2) is 0 Å². The largest absolute Gasteiger partial charge is 0.353 e. The first-order valence-corrected chi connectivity index (χ1v) is 9.00. The first kappa shape index (κ1) is 18.1. The molecule has 1 amide bonds. The Morgan fingerprint density at radius 2 is 1.59 bits per heavy atom. The van der Waals surface area contributed by atoms with E-state index in [1.54, 1.807) is 0 Å². The number of nitrogens with two attached hydrogens (primary N) is 1. The Balaban J connectivity index is 0.00000176. The molecule has 3 fully saturated rings. The van der Waals surface area contributed by atoms with Crippen LogP contribution in [0.15, 0.2) is 0 Å². The second-order valence-electron chi connectivity index (χ2n) is 8.64. The molecule has 0 radical (unpaired) electrons. The Hall–Kier alpha value is -0.280. The fourth-order valence-electron chi connectivity index (χ4n) is 4.87. The van der Waals surface area contributed by atoms with Gasteiger partial charge in [0.2, 0.25) is 5.91 Å². The van der Waals surface area contributed by atoms with Gasteiger partial charge in [-0.1, -0.05) is 20.3 Å². The Morgan fingerprint density at radius 3 is 2.14 bits per heavy atom. The molecule has 0 aliphatic heterocycles. The summed E-state index contributed by atoms with van der Waals surface area (Å²) in [5.74, 6) is 1.75. The monoisotopic (exact) mass is 328 g/mol. The van der Waals surface area contributed by atoms with E-state index in [-0.39, 0.29) is 18.3 Å². The van der Waals surface area contributed by atoms with Crippen LogP contribution >= 0.6 is 12.4 Å². The maximum Gasteiger partial charge on any atom is 0.223 e. The van der Waals surface area contributed by atoms with Gasteiger partial charge in [-0.05, 0) is 68.6 Å². The highest BCUT2D eigenvalue weighted by molar-refractivity contribution is 5.85. The quantitative estimate of drug-likeness (QED) is 0.813. The smallest absolute Gasteiger partial charge is 0.223 e. The van der Waals surface area contributed by atoms with E-state index in [1.165, 1.54) is 32.1 Å². The van der Waals surface area contributed by atoms with E-state index in [4.69, 9.17) is 5.73 Å². The highest BCUT2D eigenvalue weighted by Gasteiger charge is 2.41. The number of halogens is 1. The van der Waals surface area contributed by atoms with E-state index in [2.05, 4.69) is 19.2 Å². The van der Waals surface area contributed by atoms with Crippen molar-refractivity contribution in [3.05, 3.63) is 0 Å². The normalized spacial score (nSPS) is 38.0. The lowest BCUT2D eigenvalue weighted by Gasteiger charge is -2.44. The average molecular weight is 329 g/mol. The molecule has 4 heteroatoms. The van der Waals surface area contributed by atoms with Gasteiger partial charge in [-0.15, -0.1) is 12.4 Å². The van der Waals surface area contributed by atoms with Crippen molar-refractivity contribution in [2.75, 3.05) is 0 Å². The van der Waals surface area contributed by atoms with E-state index in [9.17, 15) is 4.79 Å². The number of nitrogens with one attached hydrogen (secondary N) is 1. The molecule has 0 aromatic rings. The first-order chi connectivity index (χ1) is 9.94. The van der Waals surface area contributed by atoms with Crippen LogP contribution in [0, 0.1) is 23.2 Å². The molecule has 2 unspecified atom stereocenters. The summed E-state index contributed by atoms with van der Waals surface area (Å²) in [5, 5.41) is 3.35. The summed E-state index contributed by atoms with van der Waals surface area (Å²) in [7, 11) is 0. The van der Waals surface area contributed by atoms with E-state index in [0.29, 0.717) is 35.2 Å². The van der Waals surface area contributed by atoms with Crippen LogP contribution in [0.3, 0.4) is 0 Å². The number of amides is 1. The van der Waals surface area contributed by atoms with Crippen molar-refractivity contribution < 1.29 is 4.79 Å². The average Bonchev–Trinajstić information content (AvgIpc) is 2.41. The Labute approximate surface area is 141 Å². The van der Waals surface area contributed by atoms with Crippen molar-refractivity contribution in [3.8, 4) is 0 Å². The Bertz CT molecular complexity index is 375. The molecule has 2 bridgehead atoms. The number of fused-ring (bicyclic) bond motifs is 2. The zero-order valence-electron chi connectivity index (χ0n) is 14.1. The van der Waals surface area contributed by atoms with Crippen LogP contribution in [-0.4, -0.2) is 18.0 Å². The predicted octanol–water partition coefficient (Wildman–Crippen LogP) is 3.65. The lowest BCUT2D eigenvalue weighted by Crippen LogP contribution is -2.50. The SMILES string of the molecule is CC1(C)CCC(NC(=O)C2CC3CCCC(C2)C3N)CC1.Cl. The van der Waals surface area contributed by atoms with Crippen LogP contribution in [0.2, 0.25) is 0 Å².